The Balaban J connectivity index is 2.53. The van der Waals surface area contributed by atoms with E-state index in [1.807, 2.05) is 13.8 Å². The van der Waals surface area contributed by atoms with Crippen molar-refractivity contribution in [3.63, 3.8) is 0 Å². The Morgan fingerprint density at radius 1 is 1.41 bits per heavy atom. The van der Waals surface area contributed by atoms with Crippen molar-refractivity contribution in [2.24, 2.45) is 0 Å². The Kier molecular flexibility index (Phi) is 5.56. The average Bonchev–Trinajstić information content (AvgIpc) is 2.81. The molecule has 0 atom stereocenters. The Morgan fingerprint density at radius 2 is 2.06 bits per heavy atom. The summed E-state index contributed by atoms with van der Waals surface area (Å²) in [6.07, 6.45) is 1.96. The number of sulfonamides is 1. The van der Waals surface area contributed by atoms with E-state index in [0.717, 1.165) is 0 Å². The van der Waals surface area contributed by atoms with Crippen LogP contribution in [0.4, 0.5) is 0 Å². The Morgan fingerprint density at radius 3 is 2.53 bits per heavy atom. The second-order valence-electron chi connectivity index (χ2n) is 3.13. The van der Waals surface area contributed by atoms with E-state index in [9.17, 15) is 8.42 Å². The number of aromatic amines is 1. The zero-order valence-electron chi connectivity index (χ0n) is 9.84. The number of aromatic nitrogens is 2. The number of hydrogen-bond donors (Lipinski definition) is 2. The minimum absolute atomic E-state index is 0.0647. The minimum atomic E-state index is -3.55. The third-order valence-electron chi connectivity index (χ3n) is 1.93. The van der Waals surface area contributed by atoms with Gasteiger partial charge in [-0.2, -0.15) is 5.10 Å². The van der Waals surface area contributed by atoms with Crippen molar-refractivity contribution >= 4 is 10.0 Å². The lowest BCUT2D eigenvalue weighted by Crippen LogP contribution is -2.35. The van der Waals surface area contributed by atoms with Crippen LogP contribution in [0.1, 0.15) is 13.8 Å². The first-order chi connectivity index (χ1) is 8.10. The zero-order chi connectivity index (χ0) is 12.7. The lowest BCUT2D eigenvalue weighted by molar-refractivity contribution is -0.130. The van der Waals surface area contributed by atoms with Crippen LogP contribution in [0.2, 0.25) is 0 Å². The molecule has 7 nitrogen and oxygen atoms in total. The van der Waals surface area contributed by atoms with Gasteiger partial charge in [0.15, 0.2) is 6.29 Å². The topological polar surface area (TPSA) is 93.3 Å². The summed E-state index contributed by atoms with van der Waals surface area (Å²) in [4.78, 5) is 0.0873. The van der Waals surface area contributed by atoms with E-state index in [4.69, 9.17) is 9.47 Å². The molecule has 0 unspecified atom stereocenters. The first-order valence-electron chi connectivity index (χ1n) is 5.31. The molecule has 0 spiro atoms. The van der Waals surface area contributed by atoms with Gasteiger partial charge in [-0.1, -0.05) is 0 Å². The molecular formula is C9H17N3O4S. The maximum atomic E-state index is 11.7. The predicted octanol–water partition coefficient (Wildman–Crippen LogP) is 0.0871. The van der Waals surface area contributed by atoms with Crippen molar-refractivity contribution < 1.29 is 17.9 Å². The molecule has 0 saturated heterocycles. The summed E-state index contributed by atoms with van der Waals surface area (Å²) < 4.78 is 36.3. The molecule has 0 radical (unpaired) electrons. The molecule has 0 bridgehead atoms. The third-order valence-corrected chi connectivity index (χ3v) is 3.32. The fourth-order valence-electron chi connectivity index (χ4n) is 1.18. The molecular weight excluding hydrogens is 246 g/mol. The molecule has 98 valence electrons. The molecule has 1 aromatic heterocycles. The van der Waals surface area contributed by atoms with Crippen molar-refractivity contribution in [3.05, 3.63) is 12.4 Å². The van der Waals surface area contributed by atoms with Crippen LogP contribution >= 0.6 is 0 Å². The standard InChI is InChI=1S/C9H17N3O4S/c1-3-15-9(16-4-2)7-12-17(13,14)8-5-10-11-6-8/h5-6,9,12H,3-4,7H2,1-2H3,(H,10,11). The number of nitrogens with zero attached hydrogens (tertiary/aromatic N) is 1. The molecule has 0 fully saturated rings. The maximum absolute atomic E-state index is 11.7. The summed E-state index contributed by atoms with van der Waals surface area (Å²) >= 11 is 0. The monoisotopic (exact) mass is 263 g/mol. The van der Waals surface area contributed by atoms with E-state index in [1.54, 1.807) is 0 Å². The van der Waals surface area contributed by atoms with Crippen molar-refractivity contribution in [1.82, 2.24) is 14.9 Å². The molecule has 0 saturated carbocycles. The number of rotatable bonds is 8. The van der Waals surface area contributed by atoms with Gasteiger partial charge in [0.25, 0.3) is 0 Å². The summed E-state index contributed by atoms with van der Waals surface area (Å²) in [5.41, 5.74) is 0. The van der Waals surface area contributed by atoms with Crippen LogP contribution in [-0.4, -0.2) is 44.7 Å². The smallest absolute Gasteiger partial charge is 0.243 e. The highest BCUT2D eigenvalue weighted by Gasteiger charge is 2.17. The number of hydrogen-bond acceptors (Lipinski definition) is 5. The highest BCUT2D eigenvalue weighted by atomic mass is 32.2. The predicted molar refractivity (Wildman–Crippen MR) is 60.8 cm³/mol. The Labute approximate surface area is 101 Å². The van der Waals surface area contributed by atoms with Gasteiger partial charge >= 0.3 is 0 Å². The van der Waals surface area contributed by atoms with Gasteiger partial charge in [0.05, 0.1) is 12.7 Å². The molecule has 1 rings (SSSR count). The molecule has 0 aliphatic heterocycles. The molecule has 1 heterocycles. The second kappa shape index (κ2) is 6.70. The normalized spacial score (nSPS) is 12.2. The molecule has 17 heavy (non-hydrogen) atoms. The highest BCUT2D eigenvalue weighted by molar-refractivity contribution is 7.89. The lowest BCUT2D eigenvalue weighted by atomic mass is 10.6. The zero-order valence-corrected chi connectivity index (χ0v) is 10.7. The SMILES string of the molecule is CCOC(CNS(=O)(=O)c1cn[nH]c1)OCC. The van der Waals surface area contributed by atoms with Crippen molar-refractivity contribution in [1.29, 1.82) is 0 Å². The molecule has 2 N–H and O–H groups in total. The van der Waals surface area contributed by atoms with E-state index >= 15 is 0 Å². The van der Waals surface area contributed by atoms with Crippen LogP contribution in [0, 0.1) is 0 Å². The van der Waals surface area contributed by atoms with Crippen LogP contribution < -0.4 is 4.72 Å². The van der Waals surface area contributed by atoms with Gasteiger partial charge in [-0.25, -0.2) is 13.1 Å². The summed E-state index contributed by atoms with van der Waals surface area (Å²) in [6.45, 7) is 4.61. The van der Waals surface area contributed by atoms with Gasteiger partial charge in [-0.05, 0) is 13.8 Å². The molecule has 0 amide bonds. The van der Waals surface area contributed by atoms with E-state index < -0.39 is 16.3 Å². The Hall–Kier alpha value is -0.960. The fourth-order valence-corrected chi connectivity index (χ4v) is 2.11. The summed E-state index contributed by atoms with van der Waals surface area (Å²) in [5.74, 6) is 0. The summed E-state index contributed by atoms with van der Waals surface area (Å²) in [5, 5.41) is 6.02. The molecule has 0 aliphatic carbocycles. The average molecular weight is 263 g/mol. The van der Waals surface area contributed by atoms with Crippen LogP contribution in [-0.2, 0) is 19.5 Å². The quantitative estimate of drug-likeness (QED) is 0.648. The van der Waals surface area contributed by atoms with Crippen LogP contribution in [0.15, 0.2) is 17.3 Å². The molecule has 0 aliphatic rings. The van der Waals surface area contributed by atoms with Gasteiger partial charge in [-0.3, -0.25) is 5.10 Å². The van der Waals surface area contributed by atoms with E-state index in [-0.39, 0.29) is 11.4 Å². The number of H-pyrrole nitrogens is 1. The summed E-state index contributed by atoms with van der Waals surface area (Å²) in [7, 11) is -3.55. The number of nitrogens with one attached hydrogen (secondary N) is 2. The fraction of sp³-hybridized carbons (Fsp3) is 0.667. The molecule has 8 heteroatoms. The number of ether oxygens (including phenoxy) is 2. The van der Waals surface area contributed by atoms with Crippen molar-refractivity contribution in [2.75, 3.05) is 19.8 Å². The lowest BCUT2D eigenvalue weighted by Gasteiger charge is -2.17. The Bertz CT molecular complexity index is 398. The van der Waals surface area contributed by atoms with E-state index in [0.29, 0.717) is 13.2 Å². The summed E-state index contributed by atoms with van der Waals surface area (Å²) in [6, 6.07) is 0. The van der Waals surface area contributed by atoms with Gasteiger partial charge in [-0.15, -0.1) is 0 Å². The van der Waals surface area contributed by atoms with Crippen LogP contribution in [0.3, 0.4) is 0 Å². The van der Waals surface area contributed by atoms with Gasteiger partial charge in [0.1, 0.15) is 4.90 Å². The first kappa shape index (κ1) is 14.1. The van der Waals surface area contributed by atoms with E-state index in [1.165, 1.54) is 12.4 Å². The van der Waals surface area contributed by atoms with Crippen molar-refractivity contribution in [3.8, 4) is 0 Å². The molecule has 1 aromatic rings. The van der Waals surface area contributed by atoms with Crippen LogP contribution in [0.25, 0.3) is 0 Å². The van der Waals surface area contributed by atoms with Crippen molar-refractivity contribution in [2.45, 2.75) is 25.0 Å². The van der Waals surface area contributed by atoms with Gasteiger partial charge < -0.3 is 9.47 Å². The largest absolute Gasteiger partial charge is 0.352 e. The second-order valence-corrected chi connectivity index (χ2v) is 4.89. The van der Waals surface area contributed by atoms with Gasteiger partial charge in [0.2, 0.25) is 10.0 Å². The molecule has 0 aromatic carbocycles. The highest BCUT2D eigenvalue weighted by Crippen LogP contribution is 2.04. The van der Waals surface area contributed by atoms with Gasteiger partial charge in [0, 0.05) is 19.4 Å². The van der Waals surface area contributed by atoms with Crippen LogP contribution in [0.5, 0.6) is 0 Å². The first-order valence-corrected chi connectivity index (χ1v) is 6.80. The van der Waals surface area contributed by atoms with E-state index in [2.05, 4.69) is 14.9 Å². The minimum Gasteiger partial charge on any atom is -0.352 e. The maximum Gasteiger partial charge on any atom is 0.243 e. The third kappa shape index (κ3) is 4.43.